The van der Waals surface area contributed by atoms with Gasteiger partial charge in [0.1, 0.15) is 5.00 Å². The monoisotopic (exact) mass is 298 g/mol. The largest absolute Gasteiger partial charge is 0.368 e. The molecule has 0 aliphatic carbocycles. The van der Waals surface area contributed by atoms with Gasteiger partial charge in [-0.2, -0.15) is 0 Å². The summed E-state index contributed by atoms with van der Waals surface area (Å²) in [6, 6.07) is 4.28. The lowest BCUT2D eigenvalue weighted by molar-refractivity contribution is 0.572. The topological polar surface area (TPSA) is 15.6 Å². The number of anilines is 1. The van der Waals surface area contributed by atoms with Gasteiger partial charge in [0.2, 0.25) is 0 Å². The third-order valence-electron chi connectivity index (χ3n) is 2.15. The van der Waals surface area contributed by atoms with Crippen LogP contribution in [0.1, 0.15) is 20.8 Å². The van der Waals surface area contributed by atoms with Gasteiger partial charge < -0.3 is 4.90 Å². The fourth-order valence-electron chi connectivity index (χ4n) is 1.46. The molecule has 2 aromatic heterocycles. The van der Waals surface area contributed by atoms with Gasteiger partial charge in [0.25, 0.3) is 0 Å². The summed E-state index contributed by atoms with van der Waals surface area (Å²) in [6.45, 7) is 6.42. The zero-order valence-corrected chi connectivity index (χ0v) is 13.8. The summed E-state index contributed by atoms with van der Waals surface area (Å²) in [4.78, 5) is 9.62. The molecule has 0 saturated carbocycles. The predicted molar refractivity (Wildman–Crippen MR) is 85.2 cm³/mol. The van der Waals surface area contributed by atoms with Gasteiger partial charge >= 0.3 is 0 Å². The molecule has 0 saturated heterocycles. The predicted octanol–water partition coefficient (Wildman–Crippen LogP) is 4.30. The highest BCUT2D eigenvalue weighted by molar-refractivity contribution is 7.33. The highest BCUT2D eigenvalue weighted by Crippen LogP contribution is 2.38. The molecule has 0 spiro atoms. The van der Waals surface area contributed by atoms with Gasteiger partial charge in [0, 0.05) is 19.0 Å². The van der Waals surface area contributed by atoms with Gasteiger partial charge in [-0.1, -0.05) is 17.4 Å². The van der Waals surface area contributed by atoms with Crippen molar-refractivity contribution < 1.29 is 0 Å². The second-order valence-corrected chi connectivity index (χ2v) is 8.44. The molecule has 0 amide bonds. The Morgan fingerprint density at radius 2 is 1.89 bits per heavy atom. The van der Waals surface area contributed by atoms with Crippen molar-refractivity contribution in [3.8, 4) is 9.75 Å². The van der Waals surface area contributed by atoms with E-state index >= 15 is 0 Å². The van der Waals surface area contributed by atoms with E-state index in [0.29, 0.717) is 0 Å². The molecular formula is C13H18N2S3. The Kier molecular flexibility index (Phi) is 3.94. The van der Waals surface area contributed by atoms with Gasteiger partial charge in [-0.25, -0.2) is 0 Å². The maximum absolute atomic E-state index is 4.78. The molecule has 98 valence electrons. The van der Waals surface area contributed by atoms with Gasteiger partial charge in [0.15, 0.2) is 3.98 Å². The van der Waals surface area contributed by atoms with E-state index < -0.39 is 0 Å². The highest BCUT2D eigenvalue weighted by Gasteiger charge is 2.14. The molecule has 18 heavy (non-hydrogen) atoms. The van der Waals surface area contributed by atoms with Crippen molar-refractivity contribution in [1.29, 1.82) is 0 Å². The van der Waals surface area contributed by atoms with Crippen LogP contribution in [0.5, 0.6) is 0 Å². The Hall–Kier alpha value is -0.650. The van der Waals surface area contributed by atoms with Crippen molar-refractivity contribution >= 4 is 39.0 Å². The van der Waals surface area contributed by atoms with Crippen LogP contribution in [0.25, 0.3) is 9.75 Å². The molecule has 0 radical (unpaired) electrons. The third-order valence-corrected chi connectivity index (χ3v) is 5.70. The number of thiophene rings is 1. The molecule has 0 aliphatic rings. The molecule has 2 nitrogen and oxygen atoms in total. The average molecular weight is 299 g/mol. The number of hydrogen-bond acceptors (Lipinski definition) is 5. The van der Waals surface area contributed by atoms with Gasteiger partial charge in [-0.3, -0.25) is 4.99 Å². The number of hydrogen-bond donors (Lipinski definition) is 0. The molecule has 0 fully saturated rings. The Morgan fingerprint density at radius 1 is 1.17 bits per heavy atom. The van der Waals surface area contributed by atoms with Gasteiger partial charge in [0.05, 0.1) is 10.4 Å². The summed E-state index contributed by atoms with van der Waals surface area (Å²) >= 11 is 5.36. The van der Waals surface area contributed by atoms with E-state index in [1.54, 1.807) is 34.0 Å². The Balaban J connectivity index is 2.56. The van der Waals surface area contributed by atoms with Crippen molar-refractivity contribution in [3.63, 3.8) is 0 Å². The van der Waals surface area contributed by atoms with E-state index in [1.165, 1.54) is 14.8 Å². The van der Waals surface area contributed by atoms with Crippen molar-refractivity contribution in [2.24, 2.45) is 4.99 Å². The molecule has 0 aliphatic heterocycles. The minimum Gasteiger partial charge on any atom is -0.368 e. The summed E-state index contributed by atoms with van der Waals surface area (Å²) in [5, 5.41) is 3.42. The maximum atomic E-state index is 4.78. The lowest BCUT2D eigenvalue weighted by Crippen LogP contribution is -2.13. The molecule has 2 heterocycles. The standard InChI is InChI=1S/C13H18N2S3/c1-13(2,3)14-12-17-10(9-7-6-8-16-9)11(18-12)15(4)5/h6-8H,1-5H3. The van der Waals surface area contributed by atoms with Crippen LogP contribution >= 0.6 is 34.0 Å². The first-order valence-electron chi connectivity index (χ1n) is 5.78. The van der Waals surface area contributed by atoms with Crippen molar-refractivity contribution in [1.82, 2.24) is 0 Å². The average Bonchev–Trinajstić information content (AvgIpc) is 2.81. The molecule has 0 unspecified atom stereocenters. The van der Waals surface area contributed by atoms with Crippen LogP contribution in [0.2, 0.25) is 0 Å². The molecule has 5 heteroatoms. The quantitative estimate of drug-likeness (QED) is 0.807. The first-order valence-corrected chi connectivity index (χ1v) is 8.29. The van der Waals surface area contributed by atoms with E-state index in [1.807, 2.05) is 0 Å². The summed E-state index contributed by atoms with van der Waals surface area (Å²) in [5.74, 6) is 0. The van der Waals surface area contributed by atoms with E-state index in [4.69, 9.17) is 4.99 Å². The van der Waals surface area contributed by atoms with Crippen LogP contribution in [-0.2, 0) is 0 Å². The minimum absolute atomic E-state index is 0.0162. The summed E-state index contributed by atoms with van der Waals surface area (Å²) < 4.78 is 1.15. The van der Waals surface area contributed by atoms with Crippen molar-refractivity contribution in [2.45, 2.75) is 26.3 Å². The van der Waals surface area contributed by atoms with Gasteiger partial charge in [-0.05, 0) is 32.2 Å². The van der Waals surface area contributed by atoms with Crippen molar-refractivity contribution in [2.75, 3.05) is 19.0 Å². The summed E-state index contributed by atoms with van der Waals surface area (Å²) in [6.07, 6.45) is 0. The molecule has 2 rings (SSSR count). The maximum Gasteiger partial charge on any atom is 0.169 e. The highest BCUT2D eigenvalue weighted by atomic mass is 32.2. The normalized spacial score (nSPS) is 13.1. The molecule has 0 bridgehead atoms. The SMILES string of the molecule is CN(C)c1sc(=NC(C)(C)C)sc1-c1cccs1. The fourth-order valence-corrected chi connectivity index (χ4v) is 5.16. The van der Waals surface area contributed by atoms with Crippen LogP contribution in [-0.4, -0.2) is 19.6 Å². The molecule has 0 atom stereocenters. The fraction of sp³-hybridized carbons (Fsp3) is 0.462. The van der Waals surface area contributed by atoms with Gasteiger partial charge in [-0.15, -0.1) is 22.7 Å². The number of rotatable bonds is 2. The lowest BCUT2D eigenvalue weighted by Gasteiger charge is -2.10. The van der Waals surface area contributed by atoms with E-state index in [9.17, 15) is 0 Å². The Labute approximate surface area is 120 Å². The van der Waals surface area contributed by atoms with Crippen LogP contribution in [0, 0.1) is 0 Å². The van der Waals surface area contributed by atoms with Crippen molar-refractivity contribution in [3.05, 3.63) is 21.5 Å². The molecular weight excluding hydrogens is 280 g/mol. The Morgan fingerprint density at radius 3 is 2.39 bits per heavy atom. The molecule has 0 N–H and O–H groups in total. The minimum atomic E-state index is -0.0162. The zero-order valence-electron chi connectivity index (χ0n) is 11.4. The summed E-state index contributed by atoms with van der Waals surface area (Å²) in [5.41, 5.74) is -0.0162. The second kappa shape index (κ2) is 5.15. The smallest absolute Gasteiger partial charge is 0.169 e. The summed E-state index contributed by atoms with van der Waals surface area (Å²) in [7, 11) is 4.19. The van der Waals surface area contributed by atoms with E-state index in [0.717, 1.165) is 3.98 Å². The zero-order chi connectivity index (χ0) is 13.3. The van der Waals surface area contributed by atoms with E-state index in [-0.39, 0.29) is 5.54 Å². The van der Waals surface area contributed by atoms with Crippen LogP contribution < -0.4 is 8.88 Å². The first kappa shape index (κ1) is 13.8. The second-order valence-electron chi connectivity index (χ2n) is 5.26. The van der Waals surface area contributed by atoms with Crippen LogP contribution in [0.4, 0.5) is 5.00 Å². The number of nitrogens with zero attached hydrogens (tertiary/aromatic N) is 2. The first-order chi connectivity index (χ1) is 8.37. The molecule has 2 aromatic rings. The van der Waals surface area contributed by atoms with Crippen LogP contribution in [0.3, 0.4) is 0 Å². The van der Waals surface area contributed by atoms with Crippen LogP contribution in [0.15, 0.2) is 22.5 Å². The molecule has 0 aromatic carbocycles. The lowest BCUT2D eigenvalue weighted by atomic mass is 10.1. The Bertz CT molecular complexity index is 568. The third kappa shape index (κ3) is 3.22. The van der Waals surface area contributed by atoms with E-state index in [2.05, 4.69) is 57.3 Å².